The Hall–Kier alpha value is -2.05. The van der Waals surface area contributed by atoms with Gasteiger partial charge in [0.15, 0.2) is 0 Å². The molecule has 2 aromatic heterocycles. The van der Waals surface area contributed by atoms with E-state index in [1.54, 1.807) is 0 Å². The first kappa shape index (κ1) is 15.5. The van der Waals surface area contributed by atoms with Gasteiger partial charge in [0.05, 0.1) is 5.69 Å². The normalized spacial score (nSPS) is 20.1. The van der Waals surface area contributed by atoms with Crippen molar-refractivity contribution in [2.75, 3.05) is 44.2 Å². The molecule has 0 amide bonds. The van der Waals surface area contributed by atoms with Crippen molar-refractivity contribution in [1.82, 2.24) is 24.8 Å². The van der Waals surface area contributed by atoms with E-state index in [0.717, 1.165) is 63.1 Å². The molecule has 24 heavy (non-hydrogen) atoms. The molecule has 0 aliphatic carbocycles. The Bertz CT molecular complexity index is 662. The van der Waals surface area contributed by atoms with Gasteiger partial charge in [-0.3, -0.25) is 9.80 Å². The highest BCUT2D eigenvalue weighted by atomic mass is 15.4. The Balaban J connectivity index is 1.24. The molecule has 0 bridgehead atoms. The van der Waals surface area contributed by atoms with Crippen LogP contribution in [0.3, 0.4) is 0 Å². The molecule has 126 valence electrons. The summed E-state index contributed by atoms with van der Waals surface area (Å²) in [6, 6.07) is 8.85. The maximum atomic E-state index is 4.50. The summed E-state index contributed by atoms with van der Waals surface area (Å²) in [5.74, 6) is 1.96. The number of nitrogens with zero attached hydrogens (tertiary/aromatic N) is 6. The topological polar surface area (TPSA) is 48.4 Å². The van der Waals surface area contributed by atoms with Crippen molar-refractivity contribution in [3.63, 3.8) is 0 Å². The van der Waals surface area contributed by atoms with Crippen LogP contribution in [0, 0.1) is 6.92 Å². The van der Waals surface area contributed by atoms with Gasteiger partial charge in [-0.2, -0.15) is 0 Å². The Labute approximate surface area is 143 Å². The molecule has 0 radical (unpaired) electrons. The molecule has 0 spiro atoms. The molecule has 6 heteroatoms. The van der Waals surface area contributed by atoms with Crippen molar-refractivity contribution < 1.29 is 0 Å². The van der Waals surface area contributed by atoms with Crippen molar-refractivity contribution in [3.05, 3.63) is 48.2 Å². The van der Waals surface area contributed by atoms with Crippen LogP contribution in [0.2, 0.25) is 0 Å². The van der Waals surface area contributed by atoms with E-state index in [-0.39, 0.29) is 0 Å². The molecule has 2 fully saturated rings. The van der Waals surface area contributed by atoms with Crippen molar-refractivity contribution in [1.29, 1.82) is 0 Å². The van der Waals surface area contributed by atoms with Gasteiger partial charge >= 0.3 is 0 Å². The van der Waals surface area contributed by atoms with Crippen LogP contribution in [0.5, 0.6) is 0 Å². The summed E-state index contributed by atoms with van der Waals surface area (Å²) in [7, 11) is 0. The third-order valence-corrected chi connectivity index (χ3v) is 4.96. The van der Waals surface area contributed by atoms with Gasteiger partial charge in [-0.1, -0.05) is 6.07 Å². The SMILES string of the molecule is Cc1nccc(CN2CC(N3CCN(c4ccccn4)CC3)C2)n1. The van der Waals surface area contributed by atoms with E-state index < -0.39 is 0 Å². The van der Waals surface area contributed by atoms with Gasteiger partial charge < -0.3 is 4.90 Å². The summed E-state index contributed by atoms with van der Waals surface area (Å²) in [5.41, 5.74) is 1.13. The van der Waals surface area contributed by atoms with Crippen molar-refractivity contribution in [2.45, 2.75) is 19.5 Å². The zero-order chi connectivity index (χ0) is 16.4. The fourth-order valence-electron chi connectivity index (χ4n) is 3.58. The lowest BCUT2D eigenvalue weighted by atomic mass is 10.1. The summed E-state index contributed by atoms with van der Waals surface area (Å²) in [5, 5.41) is 0. The molecule has 4 heterocycles. The van der Waals surface area contributed by atoms with Crippen LogP contribution in [-0.2, 0) is 6.54 Å². The van der Waals surface area contributed by atoms with E-state index in [1.807, 2.05) is 31.5 Å². The summed E-state index contributed by atoms with van der Waals surface area (Å²) in [6.45, 7) is 9.57. The van der Waals surface area contributed by atoms with Crippen LogP contribution in [0.15, 0.2) is 36.7 Å². The second-order valence-corrected chi connectivity index (χ2v) is 6.65. The van der Waals surface area contributed by atoms with Crippen molar-refractivity contribution in [2.24, 2.45) is 0 Å². The second-order valence-electron chi connectivity index (χ2n) is 6.65. The van der Waals surface area contributed by atoms with Crippen LogP contribution >= 0.6 is 0 Å². The predicted octanol–water partition coefficient (Wildman–Crippen LogP) is 1.19. The maximum Gasteiger partial charge on any atom is 0.128 e. The number of hydrogen-bond acceptors (Lipinski definition) is 6. The third-order valence-electron chi connectivity index (χ3n) is 4.96. The maximum absolute atomic E-state index is 4.50. The van der Waals surface area contributed by atoms with Gasteiger partial charge in [0.1, 0.15) is 11.6 Å². The fourth-order valence-corrected chi connectivity index (χ4v) is 3.58. The molecule has 4 rings (SSSR count). The molecule has 2 saturated heterocycles. The van der Waals surface area contributed by atoms with Crippen LogP contribution in [0.25, 0.3) is 0 Å². The Morgan fingerprint density at radius 2 is 1.83 bits per heavy atom. The Morgan fingerprint density at radius 1 is 1.00 bits per heavy atom. The summed E-state index contributed by atoms with van der Waals surface area (Å²) in [6.07, 6.45) is 3.73. The number of rotatable bonds is 4. The highest BCUT2D eigenvalue weighted by Gasteiger charge is 2.33. The van der Waals surface area contributed by atoms with Gasteiger partial charge in [0, 0.05) is 64.2 Å². The first-order chi connectivity index (χ1) is 11.8. The van der Waals surface area contributed by atoms with Crippen molar-refractivity contribution >= 4 is 5.82 Å². The van der Waals surface area contributed by atoms with E-state index in [0.29, 0.717) is 6.04 Å². The van der Waals surface area contributed by atoms with Crippen LogP contribution in [0.1, 0.15) is 11.5 Å². The lowest BCUT2D eigenvalue weighted by molar-refractivity contribution is 0.0248. The summed E-state index contributed by atoms with van der Waals surface area (Å²) >= 11 is 0. The number of likely N-dealkylation sites (tertiary alicyclic amines) is 1. The summed E-state index contributed by atoms with van der Waals surface area (Å²) < 4.78 is 0. The fraction of sp³-hybridized carbons (Fsp3) is 0.500. The predicted molar refractivity (Wildman–Crippen MR) is 93.9 cm³/mol. The molecule has 0 aromatic carbocycles. The average Bonchev–Trinajstić information content (AvgIpc) is 2.59. The second kappa shape index (κ2) is 6.83. The quantitative estimate of drug-likeness (QED) is 0.842. The van der Waals surface area contributed by atoms with Crippen LogP contribution < -0.4 is 4.90 Å². The molecule has 6 nitrogen and oxygen atoms in total. The molecular weight excluding hydrogens is 300 g/mol. The first-order valence-corrected chi connectivity index (χ1v) is 8.69. The third kappa shape index (κ3) is 3.39. The molecule has 2 aliphatic rings. The number of aromatic nitrogens is 3. The lowest BCUT2D eigenvalue weighted by Gasteiger charge is -2.48. The van der Waals surface area contributed by atoms with Gasteiger partial charge in [-0.15, -0.1) is 0 Å². The molecule has 0 atom stereocenters. The number of aryl methyl sites for hydroxylation is 1. The van der Waals surface area contributed by atoms with Crippen LogP contribution in [0.4, 0.5) is 5.82 Å². The molecule has 0 saturated carbocycles. The van der Waals surface area contributed by atoms with E-state index >= 15 is 0 Å². The van der Waals surface area contributed by atoms with Gasteiger partial charge in [-0.25, -0.2) is 15.0 Å². The van der Waals surface area contributed by atoms with Crippen LogP contribution in [-0.4, -0.2) is 70.1 Å². The summed E-state index contributed by atoms with van der Waals surface area (Å²) in [4.78, 5) is 20.6. The van der Waals surface area contributed by atoms with E-state index in [2.05, 4.69) is 41.8 Å². The highest BCUT2D eigenvalue weighted by molar-refractivity contribution is 5.38. The minimum atomic E-state index is 0.693. The van der Waals surface area contributed by atoms with Gasteiger partial charge in [0.2, 0.25) is 0 Å². The zero-order valence-corrected chi connectivity index (χ0v) is 14.2. The molecule has 2 aliphatic heterocycles. The van der Waals surface area contributed by atoms with Crippen molar-refractivity contribution in [3.8, 4) is 0 Å². The molecule has 0 unspecified atom stereocenters. The number of piperazine rings is 1. The molecular formula is C18H24N6. The lowest BCUT2D eigenvalue weighted by Crippen LogP contribution is -2.62. The zero-order valence-electron chi connectivity index (χ0n) is 14.2. The minimum Gasteiger partial charge on any atom is -0.354 e. The standard InChI is InChI=1S/C18H24N6/c1-15-19-7-5-16(21-15)12-22-13-17(14-22)23-8-10-24(11-9-23)18-4-2-3-6-20-18/h2-7,17H,8-14H2,1H3. The van der Waals surface area contributed by atoms with Gasteiger partial charge in [0.25, 0.3) is 0 Å². The number of pyridine rings is 1. The minimum absolute atomic E-state index is 0.693. The van der Waals surface area contributed by atoms with E-state index in [1.165, 1.54) is 0 Å². The largest absolute Gasteiger partial charge is 0.354 e. The molecule has 2 aromatic rings. The number of anilines is 1. The average molecular weight is 324 g/mol. The first-order valence-electron chi connectivity index (χ1n) is 8.69. The Kier molecular flexibility index (Phi) is 4.40. The number of hydrogen-bond donors (Lipinski definition) is 0. The molecule has 0 N–H and O–H groups in total. The smallest absolute Gasteiger partial charge is 0.128 e. The highest BCUT2D eigenvalue weighted by Crippen LogP contribution is 2.20. The van der Waals surface area contributed by atoms with Gasteiger partial charge in [-0.05, 0) is 25.1 Å². The van der Waals surface area contributed by atoms with E-state index in [9.17, 15) is 0 Å². The Morgan fingerprint density at radius 3 is 2.54 bits per heavy atom. The van der Waals surface area contributed by atoms with E-state index in [4.69, 9.17) is 0 Å². The monoisotopic (exact) mass is 324 g/mol.